The molecule has 27 heavy (non-hydrogen) atoms. The maximum atomic E-state index is 13.3. The summed E-state index contributed by atoms with van der Waals surface area (Å²) in [6.45, 7) is 0.655. The fourth-order valence-electron chi connectivity index (χ4n) is 2.69. The molecule has 0 aliphatic rings. The summed E-state index contributed by atoms with van der Waals surface area (Å²) in [4.78, 5) is 2.27. The molecule has 3 aromatic rings. The van der Waals surface area contributed by atoms with Crippen molar-refractivity contribution in [3.63, 3.8) is 0 Å². The van der Waals surface area contributed by atoms with Crippen LogP contribution in [0.25, 0.3) is 16.9 Å². The van der Waals surface area contributed by atoms with Gasteiger partial charge in [0.15, 0.2) is 9.84 Å². The molecular weight excluding hydrogens is 389 g/mol. The highest BCUT2D eigenvalue weighted by Gasteiger charge is 2.14. The number of rotatable bonds is 5. The highest BCUT2D eigenvalue weighted by molar-refractivity contribution is 7.90. The Labute approximate surface area is 164 Å². The first-order valence-electron chi connectivity index (χ1n) is 8.04. The van der Waals surface area contributed by atoms with Crippen molar-refractivity contribution in [3.05, 3.63) is 66.1 Å². The Morgan fingerprint density at radius 1 is 1.04 bits per heavy atom. The third-order valence-electron chi connectivity index (χ3n) is 3.89. The number of aromatic nitrogens is 2. The normalized spacial score (nSPS) is 11.4. The zero-order valence-electron chi connectivity index (χ0n) is 15.3. The fourth-order valence-corrected chi connectivity index (χ4v) is 3.32. The molecule has 0 amide bonds. The van der Waals surface area contributed by atoms with Crippen LogP contribution in [0.2, 0.25) is 0 Å². The van der Waals surface area contributed by atoms with Gasteiger partial charge in [-0.05, 0) is 56.6 Å². The van der Waals surface area contributed by atoms with Gasteiger partial charge in [-0.2, -0.15) is 5.10 Å². The van der Waals surface area contributed by atoms with Gasteiger partial charge in [0.1, 0.15) is 5.82 Å². The molecule has 0 atom stereocenters. The summed E-state index contributed by atoms with van der Waals surface area (Å²) in [6, 6.07) is 14.7. The summed E-state index contributed by atoms with van der Waals surface area (Å²) in [6.07, 6.45) is 1.18. The Hall–Kier alpha value is -2.22. The van der Waals surface area contributed by atoms with Crippen LogP contribution in [0.3, 0.4) is 0 Å². The first-order valence-corrected chi connectivity index (χ1v) is 9.93. The molecule has 0 saturated carbocycles. The molecule has 3 rings (SSSR count). The lowest BCUT2D eigenvalue weighted by molar-refractivity contribution is 0.395. The first kappa shape index (κ1) is 21.1. The molecule has 5 nitrogen and oxygen atoms in total. The van der Waals surface area contributed by atoms with Crippen LogP contribution in [0.15, 0.2) is 59.5 Å². The van der Waals surface area contributed by atoms with Crippen LogP contribution in [-0.2, 0) is 16.4 Å². The summed E-state index contributed by atoms with van der Waals surface area (Å²) >= 11 is 0. The molecule has 1 aromatic heterocycles. The maximum Gasteiger partial charge on any atom is 0.175 e. The van der Waals surface area contributed by atoms with E-state index in [1.54, 1.807) is 41.1 Å². The van der Waals surface area contributed by atoms with Crippen molar-refractivity contribution in [1.82, 2.24) is 14.7 Å². The van der Waals surface area contributed by atoms with E-state index in [-0.39, 0.29) is 23.1 Å². The van der Waals surface area contributed by atoms with Crippen LogP contribution in [0, 0.1) is 5.82 Å². The van der Waals surface area contributed by atoms with E-state index in [0.717, 1.165) is 22.6 Å². The predicted molar refractivity (Wildman–Crippen MR) is 107 cm³/mol. The van der Waals surface area contributed by atoms with E-state index in [1.165, 1.54) is 18.4 Å². The van der Waals surface area contributed by atoms with Gasteiger partial charge < -0.3 is 4.90 Å². The lowest BCUT2D eigenvalue weighted by Crippen LogP contribution is -2.11. The van der Waals surface area contributed by atoms with Crippen LogP contribution in [0.5, 0.6) is 0 Å². The number of benzene rings is 2. The molecule has 144 valence electrons. The van der Waals surface area contributed by atoms with Crippen molar-refractivity contribution in [1.29, 1.82) is 0 Å². The molecule has 0 spiro atoms. The molecule has 0 bridgehead atoms. The highest BCUT2D eigenvalue weighted by atomic mass is 35.5. The molecule has 1 heterocycles. The zero-order chi connectivity index (χ0) is 18.9. The fraction of sp³-hybridized carbons (Fsp3) is 0.211. The van der Waals surface area contributed by atoms with E-state index < -0.39 is 9.84 Å². The number of sulfone groups is 1. The topological polar surface area (TPSA) is 55.2 Å². The largest absolute Gasteiger partial charge is 0.304 e. The van der Waals surface area contributed by atoms with Gasteiger partial charge in [0.2, 0.25) is 0 Å². The van der Waals surface area contributed by atoms with E-state index in [9.17, 15) is 12.8 Å². The molecule has 0 radical (unpaired) electrons. The van der Waals surface area contributed by atoms with Gasteiger partial charge in [-0.15, -0.1) is 12.4 Å². The minimum atomic E-state index is -3.25. The number of halogens is 2. The number of nitrogens with zero attached hydrogens (tertiary/aromatic N) is 3. The Balaban J connectivity index is 0.00000261. The molecule has 0 unspecified atom stereocenters. The zero-order valence-corrected chi connectivity index (χ0v) is 16.9. The van der Waals surface area contributed by atoms with Gasteiger partial charge in [-0.3, -0.25) is 0 Å². The summed E-state index contributed by atoms with van der Waals surface area (Å²) in [5.74, 6) is -0.312. The summed E-state index contributed by atoms with van der Waals surface area (Å²) < 4.78 is 38.3. The van der Waals surface area contributed by atoms with Crippen LogP contribution in [0.1, 0.15) is 5.69 Å². The molecular formula is C19H21ClFN3O2S. The van der Waals surface area contributed by atoms with Crippen LogP contribution in [-0.4, -0.2) is 43.4 Å². The van der Waals surface area contributed by atoms with Gasteiger partial charge >= 0.3 is 0 Å². The van der Waals surface area contributed by atoms with Gasteiger partial charge in [0.05, 0.1) is 22.0 Å². The van der Waals surface area contributed by atoms with E-state index in [0.29, 0.717) is 6.54 Å². The van der Waals surface area contributed by atoms with Crippen molar-refractivity contribution >= 4 is 22.2 Å². The van der Waals surface area contributed by atoms with E-state index in [4.69, 9.17) is 0 Å². The van der Waals surface area contributed by atoms with Crippen molar-refractivity contribution in [3.8, 4) is 16.9 Å². The van der Waals surface area contributed by atoms with Gasteiger partial charge in [-0.25, -0.2) is 17.5 Å². The van der Waals surface area contributed by atoms with E-state index >= 15 is 0 Å². The minimum Gasteiger partial charge on any atom is -0.304 e. The quantitative estimate of drug-likeness (QED) is 0.646. The van der Waals surface area contributed by atoms with Crippen molar-refractivity contribution in [2.75, 3.05) is 20.4 Å². The molecule has 0 aliphatic heterocycles. The first-order chi connectivity index (χ1) is 12.2. The molecule has 8 heteroatoms. The average Bonchev–Trinajstić information content (AvgIpc) is 2.98. The molecule has 0 fully saturated rings. The van der Waals surface area contributed by atoms with Crippen molar-refractivity contribution in [2.24, 2.45) is 0 Å². The van der Waals surface area contributed by atoms with Crippen molar-refractivity contribution in [2.45, 2.75) is 11.4 Å². The molecule has 0 N–H and O–H groups in total. The Morgan fingerprint density at radius 2 is 1.63 bits per heavy atom. The smallest absolute Gasteiger partial charge is 0.175 e. The minimum absolute atomic E-state index is 0. The number of hydrogen-bond donors (Lipinski definition) is 0. The maximum absolute atomic E-state index is 13.3. The predicted octanol–water partition coefficient (Wildman–Crippen LogP) is 3.57. The molecule has 2 aromatic carbocycles. The van der Waals surface area contributed by atoms with Gasteiger partial charge in [-0.1, -0.05) is 12.1 Å². The number of hydrogen-bond acceptors (Lipinski definition) is 4. The third-order valence-corrected chi connectivity index (χ3v) is 5.02. The Morgan fingerprint density at radius 3 is 2.15 bits per heavy atom. The van der Waals surface area contributed by atoms with Gasteiger partial charge in [0.25, 0.3) is 0 Å². The lowest BCUT2D eigenvalue weighted by Gasteiger charge is -2.08. The van der Waals surface area contributed by atoms with Crippen LogP contribution < -0.4 is 0 Å². The third kappa shape index (κ3) is 4.94. The van der Waals surface area contributed by atoms with Gasteiger partial charge in [0, 0.05) is 18.4 Å². The van der Waals surface area contributed by atoms with Crippen LogP contribution >= 0.6 is 12.4 Å². The highest BCUT2D eigenvalue weighted by Crippen LogP contribution is 2.26. The average molecular weight is 410 g/mol. The second kappa shape index (κ2) is 8.21. The summed E-state index contributed by atoms with van der Waals surface area (Å²) in [7, 11) is 0.661. The summed E-state index contributed by atoms with van der Waals surface area (Å²) in [5.41, 5.74) is 3.24. The molecule has 0 aliphatic carbocycles. The second-order valence-electron chi connectivity index (χ2n) is 6.44. The summed E-state index contributed by atoms with van der Waals surface area (Å²) in [5, 5.41) is 4.63. The Kier molecular flexibility index (Phi) is 6.41. The van der Waals surface area contributed by atoms with Crippen LogP contribution in [0.4, 0.5) is 4.39 Å². The monoisotopic (exact) mass is 409 g/mol. The van der Waals surface area contributed by atoms with E-state index in [2.05, 4.69) is 5.10 Å². The standard InChI is InChI=1S/C19H20FN3O2S.ClH/c1-22(2)13-16-12-19(14-4-10-18(11-5-14)26(3,24)25)23(21-16)17-8-6-15(20)7-9-17;/h4-12H,13H2,1-3H3;1H. The second-order valence-corrected chi connectivity index (χ2v) is 8.46. The Bertz CT molecular complexity index is 1010. The van der Waals surface area contributed by atoms with Crippen molar-refractivity contribution < 1.29 is 12.8 Å². The lowest BCUT2D eigenvalue weighted by atomic mass is 10.1. The van der Waals surface area contributed by atoms with E-state index in [1.807, 2.05) is 25.1 Å². The molecule has 0 saturated heterocycles. The SMILES string of the molecule is CN(C)Cc1cc(-c2ccc(S(C)(=O)=O)cc2)n(-c2ccc(F)cc2)n1.Cl.